The normalized spacial score (nSPS) is 10.2. The fourth-order valence-electron chi connectivity index (χ4n) is 1.23. The van der Waals surface area contributed by atoms with Crippen LogP contribution in [0.4, 0.5) is 0 Å². The van der Waals surface area contributed by atoms with Crippen LogP contribution in [-0.4, -0.2) is 49.0 Å². The molecule has 0 aliphatic heterocycles. The molecule has 4 heteroatoms. The number of hydrogen-bond acceptors (Lipinski definition) is 3. The largest absolute Gasteiger partial charge is 0.343 e. The highest BCUT2D eigenvalue weighted by Gasteiger charge is 2.07. The Balaban J connectivity index is 3.43. The molecule has 0 radical (unpaired) electrons. The summed E-state index contributed by atoms with van der Waals surface area (Å²) in [5.74, 6) is 1.37. The van der Waals surface area contributed by atoms with E-state index >= 15 is 0 Å². The Kier molecular flexibility index (Phi) is 9.19. The van der Waals surface area contributed by atoms with Crippen molar-refractivity contribution in [2.45, 2.75) is 20.3 Å². The van der Waals surface area contributed by atoms with Crippen LogP contribution in [0.5, 0.6) is 0 Å². The summed E-state index contributed by atoms with van der Waals surface area (Å²) in [6, 6.07) is 0. The summed E-state index contributed by atoms with van der Waals surface area (Å²) >= 11 is 1.82. The van der Waals surface area contributed by atoms with Crippen LogP contribution in [0, 0.1) is 0 Å². The van der Waals surface area contributed by atoms with Gasteiger partial charge in [0.2, 0.25) is 5.91 Å². The molecule has 0 aromatic rings. The van der Waals surface area contributed by atoms with Crippen molar-refractivity contribution in [3.8, 4) is 0 Å². The summed E-state index contributed by atoms with van der Waals surface area (Å²) in [6.07, 6.45) is 2.71. The van der Waals surface area contributed by atoms with Gasteiger partial charge >= 0.3 is 0 Å². The minimum Gasteiger partial charge on any atom is -0.343 e. The quantitative estimate of drug-likeness (QED) is 0.621. The van der Waals surface area contributed by atoms with E-state index in [1.807, 2.05) is 30.5 Å². The van der Waals surface area contributed by atoms with E-state index in [1.54, 1.807) is 0 Å². The summed E-state index contributed by atoms with van der Waals surface area (Å²) in [4.78, 5) is 13.4. The van der Waals surface area contributed by atoms with Crippen molar-refractivity contribution in [1.29, 1.82) is 0 Å². The molecule has 0 atom stereocenters. The SMILES string of the molecule is CCN(CC)C(=O)CCNCCSC. The van der Waals surface area contributed by atoms with E-state index < -0.39 is 0 Å². The lowest BCUT2D eigenvalue weighted by Gasteiger charge is -2.18. The van der Waals surface area contributed by atoms with Gasteiger partial charge in [0, 0.05) is 38.4 Å². The van der Waals surface area contributed by atoms with Crippen LogP contribution >= 0.6 is 11.8 Å². The van der Waals surface area contributed by atoms with E-state index in [0.717, 1.165) is 31.9 Å². The van der Waals surface area contributed by atoms with E-state index in [4.69, 9.17) is 0 Å². The number of amides is 1. The molecule has 0 aliphatic carbocycles. The summed E-state index contributed by atoms with van der Waals surface area (Å²) in [5, 5.41) is 3.25. The van der Waals surface area contributed by atoms with Crippen LogP contribution in [0.1, 0.15) is 20.3 Å². The van der Waals surface area contributed by atoms with Crippen molar-refractivity contribution < 1.29 is 4.79 Å². The second kappa shape index (κ2) is 9.34. The highest BCUT2D eigenvalue weighted by Crippen LogP contribution is 1.93. The van der Waals surface area contributed by atoms with Gasteiger partial charge < -0.3 is 10.2 Å². The first-order valence-corrected chi connectivity index (χ1v) is 6.63. The number of hydrogen-bond donors (Lipinski definition) is 1. The summed E-state index contributed by atoms with van der Waals surface area (Å²) in [7, 11) is 0. The van der Waals surface area contributed by atoms with Crippen molar-refractivity contribution in [2.75, 3.05) is 38.2 Å². The first-order chi connectivity index (χ1) is 6.76. The van der Waals surface area contributed by atoms with Gasteiger partial charge in [-0.25, -0.2) is 0 Å². The van der Waals surface area contributed by atoms with Crippen LogP contribution in [0.2, 0.25) is 0 Å². The fraction of sp³-hybridized carbons (Fsp3) is 0.900. The number of carbonyl (C=O) groups is 1. The van der Waals surface area contributed by atoms with Crippen LogP contribution in [0.25, 0.3) is 0 Å². The molecule has 0 saturated carbocycles. The Labute approximate surface area is 91.6 Å². The predicted molar refractivity (Wildman–Crippen MR) is 63.8 cm³/mol. The van der Waals surface area contributed by atoms with Crippen molar-refractivity contribution in [1.82, 2.24) is 10.2 Å². The van der Waals surface area contributed by atoms with Gasteiger partial charge in [-0.15, -0.1) is 0 Å². The van der Waals surface area contributed by atoms with Crippen LogP contribution in [0.3, 0.4) is 0 Å². The molecule has 3 nitrogen and oxygen atoms in total. The Hall–Kier alpha value is -0.220. The standard InChI is InChI=1S/C10H22N2OS/c1-4-12(5-2)10(13)6-7-11-8-9-14-3/h11H,4-9H2,1-3H3. The average Bonchev–Trinajstić information content (AvgIpc) is 2.19. The molecule has 84 valence electrons. The first kappa shape index (κ1) is 13.8. The summed E-state index contributed by atoms with van der Waals surface area (Å²) in [5.41, 5.74) is 0. The van der Waals surface area contributed by atoms with Crippen molar-refractivity contribution in [3.63, 3.8) is 0 Å². The molecule has 1 N–H and O–H groups in total. The Morgan fingerprint density at radius 3 is 2.43 bits per heavy atom. The molecular formula is C10H22N2OS. The smallest absolute Gasteiger partial charge is 0.223 e. The molecule has 0 fully saturated rings. The van der Waals surface area contributed by atoms with E-state index in [0.29, 0.717) is 6.42 Å². The monoisotopic (exact) mass is 218 g/mol. The molecule has 0 aliphatic rings. The van der Waals surface area contributed by atoms with E-state index in [-0.39, 0.29) is 5.91 Å². The predicted octanol–water partition coefficient (Wildman–Crippen LogP) is 1.20. The van der Waals surface area contributed by atoms with Gasteiger partial charge in [-0.3, -0.25) is 4.79 Å². The van der Waals surface area contributed by atoms with E-state index in [2.05, 4.69) is 11.6 Å². The molecule has 14 heavy (non-hydrogen) atoms. The molecule has 0 unspecified atom stereocenters. The molecule has 0 aromatic heterocycles. The minimum atomic E-state index is 0.256. The average molecular weight is 218 g/mol. The zero-order chi connectivity index (χ0) is 10.8. The maximum Gasteiger partial charge on any atom is 0.223 e. The Morgan fingerprint density at radius 1 is 1.29 bits per heavy atom. The van der Waals surface area contributed by atoms with Crippen molar-refractivity contribution >= 4 is 17.7 Å². The minimum absolute atomic E-state index is 0.256. The topological polar surface area (TPSA) is 32.3 Å². The molecular weight excluding hydrogens is 196 g/mol. The third-order valence-corrected chi connectivity index (χ3v) is 2.73. The van der Waals surface area contributed by atoms with Crippen LogP contribution in [0.15, 0.2) is 0 Å². The number of carbonyl (C=O) groups excluding carboxylic acids is 1. The highest BCUT2D eigenvalue weighted by molar-refractivity contribution is 7.98. The molecule has 0 bridgehead atoms. The summed E-state index contributed by atoms with van der Waals surface area (Å²) in [6.45, 7) is 7.47. The van der Waals surface area contributed by atoms with E-state index in [9.17, 15) is 4.79 Å². The summed E-state index contributed by atoms with van der Waals surface area (Å²) < 4.78 is 0. The second-order valence-electron chi connectivity index (χ2n) is 3.06. The van der Waals surface area contributed by atoms with Gasteiger partial charge in [0.25, 0.3) is 0 Å². The van der Waals surface area contributed by atoms with Gasteiger partial charge in [0.1, 0.15) is 0 Å². The van der Waals surface area contributed by atoms with Crippen molar-refractivity contribution in [2.24, 2.45) is 0 Å². The zero-order valence-electron chi connectivity index (χ0n) is 9.51. The van der Waals surface area contributed by atoms with Crippen LogP contribution < -0.4 is 5.32 Å². The number of rotatable bonds is 8. The molecule has 0 heterocycles. The lowest BCUT2D eigenvalue weighted by Crippen LogP contribution is -2.33. The Morgan fingerprint density at radius 2 is 1.93 bits per heavy atom. The molecule has 0 aromatic carbocycles. The number of nitrogens with zero attached hydrogens (tertiary/aromatic N) is 1. The fourth-order valence-corrected chi connectivity index (χ4v) is 1.58. The first-order valence-electron chi connectivity index (χ1n) is 5.23. The molecule has 0 rings (SSSR count). The third kappa shape index (κ3) is 6.27. The van der Waals surface area contributed by atoms with Gasteiger partial charge in [-0.1, -0.05) is 0 Å². The van der Waals surface area contributed by atoms with Crippen LogP contribution in [-0.2, 0) is 4.79 Å². The molecule has 1 amide bonds. The van der Waals surface area contributed by atoms with Gasteiger partial charge in [0.15, 0.2) is 0 Å². The number of nitrogens with one attached hydrogen (secondary N) is 1. The number of thioether (sulfide) groups is 1. The van der Waals surface area contributed by atoms with Crippen molar-refractivity contribution in [3.05, 3.63) is 0 Å². The zero-order valence-corrected chi connectivity index (χ0v) is 10.3. The highest BCUT2D eigenvalue weighted by atomic mass is 32.2. The van der Waals surface area contributed by atoms with Gasteiger partial charge in [-0.2, -0.15) is 11.8 Å². The van der Waals surface area contributed by atoms with E-state index in [1.165, 1.54) is 0 Å². The third-order valence-electron chi connectivity index (χ3n) is 2.11. The Bertz CT molecular complexity index is 149. The maximum atomic E-state index is 11.5. The molecule has 0 saturated heterocycles. The molecule has 0 spiro atoms. The van der Waals surface area contributed by atoms with Gasteiger partial charge in [0.05, 0.1) is 0 Å². The lowest BCUT2D eigenvalue weighted by atomic mass is 10.3. The lowest BCUT2D eigenvalue weighted by molar-refractivity contribution is -0.130. The maximum absolute atomic E-state index is 11.5. The van der Waals surface area contributed by atoms with Gasteiger partial charge in [-0.05, 0) is 20.1 Å². The second-order valence-corrected chi connectivity index (χ2v) is 4.04.